The lowest BCUT2D eigenvalue weighted by Crippen LogP contribution is -2.49. The molecular weight excluding hydrogens is 310 g/mol. The number of unbranched alkanes of at least 4 members (excludes halogenated alkanes) is 1. The average molecular weight is 338 g/mol. The quantitative estimate of drug-likeness (QED) is 0.349. The average Bonchev–Trinajstić information content (AvgIpc) is 2.35. The van der Waals surface area contributed by atoms with Gasteiger partial charge in [-0.2, -0.15) is 0 Å². The summed E-state index contributed by atoms with van der Waals surface area (Å²) in [6, 6.07) is -1.60. The molecule has 21 heavy (non-hydrogen) atoms. The topological polar surface area (TPSA) is 118 Å². The molecule has 0 fully saturated rings. The van der Waals surface area contributed by atoms with Crippen LogP contribution >= 0.6 is 21.6 Å². The summed E-state index contributed by atoms with van der Waals surface area (Å²) in [6.07, 6.45) is 1.77. The van der Waals surface area contributed by atoms with Crippen LogP contribution in [0.2, 0.25) is 0 Å². The molecule has 0 heterocycles. The summed E-state index contributed by atoms with van der Waals surface area (Å²) in [6.45, 7) is 6.75. The second-order valence-electron chi connectivity index (χ2n) is 5.77. The molecule has 0 spiro atoms. The maximum Gasteiger partial charge on any atom is 0.326 e. The number of rotatable bonds is 10. The van der Waals surface area contributed by atoms with Crippen molar-refractivity contribution in [2.24, 2.45) is 11.5 Å². The fraction of sp³-hybridized carbons (Fsp3) is 0.846. The highest BCUT2D eigenvalue weighted by molar-refractivity contribution is 8.77. The summed E-state index contributed by atoms with van der Waals surface area (Å²) in [5, 5.41) is 11.6. The van der Waals surface area contributed by atoms with Crippen LogP contribution in [0, 0.1) is 0 Å². The molecule has 0 aromatic heterocycles. The first-order chi connectivity index (χ1) is 9.67. The number of hydrogen-bond donors (Lipinski definition) is 4. The number of carboxylic acid groups (broad SMARTS) is 1. The summed E-state index contributed by atoms with van der Waals surface area (Å²) in [4.78, 5) is 23.0. The van der Waals surface area contributed by atoms with Gasteiger partial charge in [-0.15, -0.1) is 0 Å². The van der Waals surface area contributed by atoms with Gasteiger partial charge in [0.25, 0.3) is 0 Å². The molecule has 8 heteroatoms. The highest BCUT2D eigenvalue weighted by Gasteiger charge is 2.23. The Morgan fingerprint density at radius 1 is 1.29 bits per heavy atom. The fourth-order valence-electron chi connectivity index (χ4n) is 1.39. The number of hydrogen-bond acceptors (Lipinski definition) is 6. The predicted molar refractivity (Wildman–Crippen MR) is 90.2 cm³/mol. The Labute approximate surface area is 134 Å². The summed E-state index contributed by atoms with van der Waals surface area (Å²) < 4.78 is 0.0900. The van der Waals surface area contributed by atoms with Crippen LogP contribution in [0.3, 0.4) is 0 Å². The molecule has 0 unspecified atom stereocenters. The van der Waals surface area contributed by atoms with Gasteiger partial charge in [-0.05, 0) is 25.8 Å². The molecule has 2 atom stereocenters. The number of carboxylic acids is 1. The number of nitrogens with one attached hydrogen (secondary N) is 1. The van der Waals surface area contributed by atoms with Crippen molar-refractivity contribution in [2.75, 3.05) is 12.3 Å². The van der Waals surface area contributed by atoms with Gasteiger partial charge >= 0.3 is 5.97 Å². The molecule has 0 saturated heterocycles. The van der Waals surface area contributed by atoms with Gasteiger partial charge in [-0.1, -0.05) is 42.4 Å². The molecule has 0 bridgehead atoms. The van der Waals surface area contributed by atoms with E-state index in [1.165, 1.54) is 10.8 Å². The minimum absolute atomic E-state index is 0.0900. The fourth-order valence-corrected chi connectivity index (χ4v) is 3.81. The SMILES string of the molecule is CC(C)(C)SSC[C@H](N)C(=O)N[C@@H](CCCCN)C(=O)O. The highest BCUT2D eigenvalue weighted by atomic mass is 33.1. The molecule has 0 aromatic carbocycles. The van der Waals surface area contributed by atoms with E-state index < -0.39 is 24.0 Å². The summed E-state index contributed by atoms with van der Waals surface area (Å²) >= 11 is 0. The summed E-state index contributed by atoms with van der Waals surface area (Å²) in [5.74, 6) is -1.01. The van der Waals surface area contributed by atoms with E-state index >= 15 is 0 Å². The van der Waals surface area contributed by atoms with Crippen molar-refractivity contribution in [3.8, 4) is 0 Å². The third-order valence-electron chi connectivity index (χ3n) is 2.45. The monoisotopic (exact) mass is 337 g/mol. The largest absolute Gasteiger partial charge is 0.480 e. The maximum atomic E-state index is 11.9. The minimum Gasteiger partial charge on any atom is -0.480 e. The Kier molecular flexibility index (Phi) is 10.1. The molecule has 0 aliphatic carbocycles. The van der Waals surface area contributed by atoms with Gasteiger partial charge in [0.15, 0.2) is 0 Å². The Hall–Kier alpha value is -0.440. The summed E-state index contributed by atoms with van der Waals surface area (Å²) in [5.41, 5.74) is 11.2. The van der Waals surface area contributed by atoms with Crippen molar-refractivity contribution in [1.82, 2.24) is 5.32 Å². The normalized spacial score (nSPS) is 14.5. The molecule has 6 nitrogen and oxygen atoms in total. The molecular formula is C13H27N3O3S2. The van der Waals surface area contributed by atoms with Gasteiger partial charge in [0.05, 0.1) is 6.04 Å². The van der Waals surface area contributed by atoms with Gasteiger partial charge in [0, 0.05) is 10.5 Å². The molecule has 6 N–H and O–H groups in total. The number of nitrogens with two attached hydrogens (primary N) is 2. The molecule has 0 aliphatic rings. The molecule has 0 radical (unpaired) electrons. The van der Waals surface area contributed by atoms with E-state index in [2.05, 4.69) is 26.1 Å². The Morgan fingerprint density at radius 3 is 2.38 bits per heavy atom. The van der Waals surface area contributed by atoms with Crippen LogP contribution in [0.1, 0.15) is 40.0 Å². The van der Waals surface area contributed by atoms with Gasteiger partial charge in [-0.25, -0.2) is 4.79 Å². The number of aliphatic carboxylic acids is 1. The lowest BCUT2D eigenvalue weighted by atomic mass is 10.1. The lowest BCUT2D eigenvalue weighted by Gasteiger charge is -2.20. The maximum absolute atomic E-state index is 11.9. The number of carbonyl (C=O) groups excluding carboxylic acids is 1. The van der Waals surface area contributed by atoms with E-state index in [0.717, 1.165) is 6.42 Å². The van der Waals surface area contributed by atoms with E-state index in [9.17, 15) is 9.59 Å². The van der Waals surface area contributed by atoms with Crippen LogP contribution in [0.4, 0.5) is 0 Å². The highest BCUT2D eigenvalue weighted by Crippen LogP contribution is 2.35. The zero-order chi connectivity index (χ0) is 16.5. The second-order valence-corrected chi connectivity index (χ2v) is 8.94. The van der Waals surface area contributed by atoms with Crippen molar-refractivity contribution in [3.05, 3.63) is 0 Å². The Balaban J connectivity index is 4.19. The number of amides is 1. The van der Waals surface area contributed by atoms with Gasteiger partial charge in [-0.3, -0.25) is 4.79 Å². The molecule has 0 rings (SSSR count). The third kappa shape index (κ3) is 10.9. The van der Waals surface area contributed by atoms with E-state index in [4.69, 9.17) is 16.6 Å². The lowest BCUT2D eigenvalue weighted by molar-refractivity contribution is -0.142. The van der Waals surface area contributed by atoms with Crippen molar-refractivity contribution in [2.45, 2.75) is 56.9 Å². The van der Waals surface area contributed by atoms with E-state index in [1.807, 2.05) is 0 Å². The zero-order valence-corrected chi connectivity index (χ0v) is 14.6. The number of carbonyl (C=O) groups is 2. The van der Waals surface area contributed by atoms with Crippen molar-refractivity contribution >= 4 is 33.5 Å². The first kappa shape index (κ1) is 20.6. The van der Waals surface area contributed by atoms with Gasteiger partial charge in [0.1, 0.15) is 6.04 Å². The summed E-state index contributed by atoms with van der Waals surface area (Å²) in [7, 11) is 3.17. The molecule has 1 amide bonds. The van der Waals surface area contributed by atoms with Crippen LogP contribution in [-0.4, -0.2) is 46.1 Å². The molecule has 124 valence electrons. The molecule has 0 aliphatic heterocycles. The van der Waals surface area contributed by atoms with Crippen molar-refractivity contribution < 1.29 is 14.7 Å². The van der Waals surface area contributed by atoms with Crippen LogP contribution < -0.4 is 16.8 Å². The van der Waals surface area contributed by atoms with Crippen LogP contribution in [-0.2, 0) is 9.59 Å². The minimum atomic E-state index is -1.04. The van der Waals surface area contributed by atoms with Crippen LogP contribution in [0.25, 0.3) is 0 Å². The van der Waals surface area contributed by atoms with Gasteiger partial charge < -0.3 is 21.9 Å². The van der Waals surface area contributed by atoms with E-state index in [-0.39, 0.29) is 4.75 Å². The predicted octanol–water partition coefficient (Wildman–Crippen LogP) is 1.19. The molecule has 0 saturated carbocycles. The van der Waals surface area contributed by atoms with Gasteiger partial charge in [0.2, 0.25) is 5.91 Å². The van der Waals surface area contributed by atoms with E-state index in [1.54, 1.807) is 10.8 Å². The Bertz CT molecular complexity index is 335. The zero-order valence-electron chi connectivity index (χ0n) is 12.9. The standard InChI is InChI=1S/C13H27N3O3S2/c1-13(2,3)21-20-8-9(15)11(17)16-10(12(18)19)6-4-5-7-14/h9-10H,4-8,14-15H2,1-3H3,(H,16,17)(H,18,19)/t9-,10-/m0/s1. The second kappa shape index (κ2) is 10.3. The van der Waals surface area contributed by atoms with Crippen molar-refractivity contribution in [3.63, 3.8) is 0 Å². The first-order valence-electron chi connectivity index (χ1n) is 6.97. The smallest absolute Gasteiger partial charge is 0.326 e. The van der Waals surface area contributed by atoms with Crippen LogP contribution in [0.5, 0.6) is 0 Å². The molecule has 0 aromatic rings. The Morgan fingerprint density at radius 2 is 1.90 bits per heavy atom. The third-order valence-corrected chi connectivity index (χ3v) is 5.83. The van der Waals surface area contributed by atoms with E-state index in [0.29, 0.717) is 25.1 Å². The van der Waals surface area contributed by atoms with Crippen molar-refractivity contribution in [1.29, 1.82) is 0 Å². The van der Waals surface area contributed by atoms with Crippen LogP contribution in [0.15, 0.2) is 0 Å². The first-order valence-corrected chi connectivity index (χ1v) is 9.28.